The topological polar surface area (TPSA) is 75.7 Å². The van der Waals surface area contributed by atoms with Gasteiger partial charge in [0.15, 0.2) is 0 Å². The zero-order valence-corrected chi connectivity index (χ0v) is 16.5. The molecule has 1 unspecified atom stereocenters. The van der Waals surface area contributed by atoms with Gasteiger partial charge in [0, 0.05) is 23.2 Å². The highest BCUT2D eigenvalue weighted by Gasteiger charge is 2.37. The summed E-state index contributed by atoms with van der Waals surface area (Å²) in [5.41, 5.74) is 0. The fraction of sp³-hybridized carbons (Fsp3) is 0.438. The number of carbonyl (C=O) groups excluding carboxylic acids is 1. The second-order valence-corrected chi connectivity index (χ2v) is 8.75. The van der Waals surface area contributed by atoms with Crippen molar-refractivity contribution in [3.8, 4) is 0 Å². The quantitative estimate of drug-likeness (QED) is 0.774. The van der Waals surface area contributed by atoms with E-state index in [1.54, 1.807) is 12.1 Å². The van der Waals surface area contributed by atoms with Crippen molar-refractivity contribution in [2.24, 2.45) is 5.92 Å². The van der Waals surface area contributed by atoms with E-state index in [0.717, 1.165) is 29.0 Å². The average Bonchev–Trinajstić information content (AvgIpc) is 3.19. The molecule has 0 aliphatic carbocycles. The number of nitrogens with zero attached hydrogens (tertiary/aromatic N) is 1. The van der Waals surface area contributed by atoms with Crippen LogP contribution >= 0.6 is 23.7 Å². The van der Waals surface area contributed by atoms with Gasteiger partial charge in [-0.15, -0.1) is 23.7 Å². The number of rotatable bonds is 5. The smallest absolute Gasteiger partial charge is 0.349 e. The number of sulfonamides is 1. The number of benzene rings is 1. The molecule has 1 aromatic heterocycles. The summed E-state index contributed by atoms with van der Waals surface area (Å²) in [5, 5.41) is 3.67. The van der Waals surface area contributed by atoms with Crippen molar-refractivity contribution in [3.63, 3.8) is 0 Å². The first-order valence-electron chi connectivity index (χ1n) is 7.73. The molecule has 0 amide bonds. The number of carbonyl (C=O) groups is 1. The molecule has 0 bridgehead atoms. The lowest BCUT2D eigenvalue weighted by Gasteiger charge is -2.17. The highest BCUT2D eigenvalue weighted by Crippen LogP contribution is 2.38. The summed E-state index contributed by atoms with van der Waals surface area (Å²) in [6.45, 7) is 1.72. The minimum atomic E-state index is -3.74. The highest BCUT2D eigenvalue weighted by molar-refractivity contribution is 7.89. The number of fused-ring (bicyclic) bond motifs is 1. The van der Waals surface area contributed by atoms with Crippen molar-refractivity contribution in [1.29, 1.82) is 0 Å². The first kappa shape index (κ1) is 20.1. The molecule has 0 saturated carbocycles. The minimum absolute atomic E-state index is 0. The summed E-state index contributed by atoms with van der Waals surface area (Å²) in [6, 6.07) is 7.17. The third-order valence-corrected chi connectivity index (χ3v) is 7.49. The second kappa shape index (κ2) is 8.01. The van der Waals surface area contributed by atoms with Crippen LogP contribution in [-0.4, -0.2) is 52.5 Å². The van der Waals surface area contributed by atoms with Crippen molar-refractivity contribution in [3.05, 3.63) is 29.1 Å². The van der Waals surface area contributed by atoms with E-state index in [4.69, 9.17) is 4.74 Å². The Morgan fingerprint density at radius 2 is 2.12 bits per heavy atom. The monoisotopic (exact) mass is 404 g/mol. The molecule has 2 aromatic rings. The van der Waals surface area contributed by atoms with Crippen molar-refractivity contribution in [1.82, 2.24) is 9.62 Å². The highest BCUT2D eigenvalue weighted by atomic mass is 35.5. The van der Waals surface area contributed by atoms with Gasteiger partial charge in [-0.3, -0.25) is 0 Å². The molecule has 9 heteroatoms. The second-order valence-electron chi connectivity index (χ2n) is 5.82. The maximum absolute atomic E-state index is 13.2. The van der Waals surface area contributed by atoms with Crippen molar-refractivity contribution in [2.45, 2.75) is 11.3 Å². The van der Waals surface area contributed by atoms with E-state index in [2.05, 4.69) is 5.32 Å². The largest absolute Gasteiger partial charge is 0.465 e. The summed E-state index contributed by atoms with van der Waals surface area (Å²) in [5.74, 6) is -0.322. The maximum Gasteiger partial charge on any atom is 0.349 e. The molecule has 2 heterocycles. The Balaban J connectivity index is 0.00000225. The Kier molecular flexibility index (Phi) is 6.45. The number of hydrogen-bond donors (Lipinski definition) is 1. The van der Waals surface area contributed by atoms with Crippen LogP contribution in [0.5, 0.6) is 0 Å². The van der Waals surface area contributed by atoms with E-state index in [0.29, 0.717) is 18.5 Å². The molecule has 1 aromatic carbocycles. The predicted molar refractivity (Wildman–Crippen MR) is 101 cm³/mol. The lowest BCUT2D eigenvalue weighted by atomic mass is 10.1. The zero-order valence-electron chi connectivity index (χ0n) is 14.0. The third kappa shape index (κ3) is 3.68. The molecule has 0 radical (unpaired) electrons. The van der Waals surface area contributed by atoms with Crippen molar-refractivity contribution in [2.75, 3.05) is 33.8 Å². The summed E-state index contributed by atoms with van der Waals surface area (Å²) < 4.78 is 33.5. The van der Waals surface area contributed by atoms with Gasteiger partial charge in [-0.2, -0.15) is 4.31 Å². The minimum Gasteiger partial charge on any atom is -0.465 e. The Morgan fingerprint density at radius 3 is 2.80 bits per heavy atom. The Bertz CT molecular complexity index is 866. The Hall–Kier alpha value is -1.19. The molecule has 1 aliphatic rings. The number of halogens is 1. The normalized spacial score (nSPS) is 18.2. The molecule has 3 rings (SSSR count). The molecular weight excluding hydrogens is 384 g/mol. The van der Waals surface area contributed by atoms with Crippen LogP contribution in [0, 0.1) is 5.92 Å². The van der Waals surface area contributed by atoms with Crippen LogP contribution in [0.25, 0.3) is 10.1 Å². The van der Waals surface area contributed by atoms with Crippen LogP contribution in [0.2, 0.25) is 0 Å². The number of esters is 1. The Labute approximate surface area is 157 Å². The van der Waals surface area contributed by atoms with Gasteiger partial charge in [0.1, 0.15) is 9.77 Å². The molecule has 1 saturated heterocycles. The first-order chi connectivity index (χ1) is 11.5. The summed E-state index contributed by atoms with van der Waals surface area (Å²) in [6.07, 6.45) is 0.815. The van der Waals surface area contributed by atoms with Crippen LogP contribution in [0.4, 0.5) is 0 Å². The number of ether oxygens (including phenoxy) is 1. The van der Waals surface area contributed by atoms with Crippen LogP contribution in [0.3, 0.4) is 0 Å². The molecule has 6 nitrogen and oxygen atoms in total. The van der Waals surface area contributed by atoms with Gasteiger partial charge in [0.25, 0.3) is 0 Å². The van der Waals surface area contributed by atoms with Crippen molar-refractivity contribution < 1.29 is 17.9 Å². The molecule has 1 aliphatic heterocycles. The van der Waals surface area contributed by atoms with E-state index in [1.807, 2.05) is 19.2 Å². The summed E-state index contributed by atoms with van der Waals surface area (Å²) in [7, 11) is -0.618. The fourth-order valence-corrected chi connectivity index (χ4v) is 6.41. The summed E-state index contributed by atoms with van der Waals surface area (Å²) >= 11 is 1.16. The van der Waals surface area contributed by atoms with Crippen LogP contribution in [0.1, 0.15) is 16.1 Å². The van der Waals surface area contributed by atoms with E-state index < -0.39 is 16.0 Å². The summed E-state index contributed by atoms with van der Waals surface area (Å²) in [4.78, 5) is 12.4. The third-order valence-electron chi connectivity index (χ3n) is 4.26. The zero-order chi connectivity index (χ0) is 17.3. The SMILES string of the molecule is CNCC1CCN(S(=O)(=O)c2c(C(=O)OC)sc3ccccc23)C1.Cl. The average molecular weight is 405 g/mol. The molecule has 1 fully saturated rings. The predicted octanol–water partition coefficient (Wildman–Crippen LogP) is 2.34. The molecule has 138 valence electrons. The van der Waals surface area contributed by atoms with E-state index in [9.17, 15) is 13.2 Å². The van der Waals surface area contributed by atoms with Crippen LogP contribution in [-0.2, 0) is 14.8 Å². The lowest BCUT2D eigenvalue weighted by Crippen LogP contribution is -2.31. The molecular formula is C16H21ClN2O4S2. The Morgan fingerprint density at radius 1 is 1.40 bits per heavy atom. The molecule has 25 heavy (non-hydrogen) atoms. The number of nitrogens with one attached hydrogen (secondary N) is 1. The maximum atomic E-state index is 13.2. The van der Waals surface area contributed by atoms with Gasteiger partial charge in [0.2, 0.25) is 10.0 Å². The number of thiophene rings is 1. The molecule has 1 N–H and O–H groups in total. The fourth-order valence-electron chi connectivity index (χ4n) is 3.10. The number of hydrogen-bond acceptors (Lipinski definition) is 6. The van der Waals surface area contributed by atoms with E-state index >= 15 is 0 Å². The number of methoxy groups -OCH3 is 1. The van der Waals surface area contributed by atoms with E-state index in [1.165, 1.54) is 11.4 Å². The van der Waals surface area contributed by atoms with Gasteiger partial charge in [-0.1, -0.05) is 18.2 Å². The van der Waals surface area contributed by atoms with Gasteiger partial charge < -0.3 is 10.1 Å². The van der Waals surface area contributed by atoms with Gasteiger partial charge >= 0.3 is 5.97 Å². The van der Waals surface area contributed by atoms with E-state index in [-0.39, 0.29) is 28.1 Å². The van der Waals surface area contributed by atoms with Crippen LogP contribution in [0.15, 0.2) is 29.2 Å². The van der Waals surface area contributed by atoms with Crippen LogP contribution < -0.4 is 5.32 Å². The first-order valence-corrected chi connectivity index (χ1v) is 9.99. The van der Waals surface area contributed by atoms with Gasteiger partial charge in [-0.25, -0.2) is 13.2 Å². The lowest BCUT2D eigenvalue weighted by molar-refractivity contribution is 0.0602. The van der Waals surface area contributed by atoms with Gasteiger partial charge in [-0.05, 0) is 32.0 Å². The van der Waals surface area contributed by atoms with Gasteiger partial charge in [0.05, 0.1) is 7.11 Å². The van der Waals surface area contributed by atoms with Crippen molar-refractivity contribution >= 4 is 49.8 Å². The standard InChI is InChI=1S/C16H20N2O4S2.ClH/c1-17-9-11-7-8-18(10-11)24(20,21)15-12-5-3-4-6-13(12)23-14(15)16(19)22-2;/h3-6,11,17H,7-10H2,1-2H3;1H. The molecule has 0 spiro atoms. The molecule has 1 atom stereocenters.